The molecule has 9 nitrogen and oxygen atoms in total. The molecule has 3 aliphatic heterocycles. The predicted octanol–water partition coefficient (Wildman–Crippen LogP) is 1.91. The minimum atomic E-state index is -0.546. The zero-order valence-electron chi connectivity index (χ0n) is 21.2. The van der Waals surface area contributed by atoms with Gasteiger partial charge in [-0.3, -0.25) is 4.79 Å². The molecule has 0 aliphatic carbocycles. The molecule has 0 saturated carbocycles. The van der Waals surface area contributed by atoms with Crippen LogP contribution in [-0.4, -0.2) is 77.9 Å². The fourth-order valence-corrected chi connectivity index (χ4v) is 5.51. The number of carbonyl (C=O) groups excluding carboxylic acids is 1. The third-order valence-corrected chi connectivity index (χ3v) is 7.24. The number of ether oxygens (including phenoxy) is 1. The molecule has 2 saturated heterocycles. The van der Waals surface area contributed by atoms with Crippen molar-refractivity contribution in [3.05, 3.63) is 27.2 Å². The first-order valence-electron chi connectivity index (χ1n) is 12.4. The standard InChI is InChI=1S/C25H38N6O3/c1-17-15-29(24(33)34-25(2,3)4)11-12-30(17)22-19-8-9-27-14-21(19)31(23(32)20(22)13-26)16-18-7-6-10-28(18)5/h17-18,27H,6-12,14-16H2,1-5H3/t17-,18-/m0/s1. The third kappa shape index (κ3) is 4.80. The van der Waals surface area contributed by atoms with Crippen molar-refractivity contribution in [1.82, 2.24) is 19.7 Å². The number of nitrogens with one attached hydrogen (secondary N) is 1. The predicted molar refractivity (Wildman–Crippen MR) is 131 cm³/mol. The van der Waals surface area contributed by atoms with E-state index in [0.29, 0.717) is 38.8 Å². The van der Waals surface area contributed by atoms with E-state index in [9.17, 15) is 14.9 Å². The van der Waals surface area contributed by atoms with Crippen LogP contribution in [0.1, 0.15) is 57.4 Å². The van der Waals surface area contributed by atoms with Gasteiger partial charge in [0.1, 0.15) is 17.2 Å². The Morgan fingerprint density at radius 2 is 2.03 bits per heavy atom. The third-order valence-electron chi connectivity index (χ3n) is 7.24. The Kier molecular flexibility index (Phi) is 6.92. The first kappa shape index (κ1) is 24.6. The van der Waals surface area contributed by atoms with Crippen LogP contribution in [0.15, 0.2) is 4.79 Å². The Morgan fingerprint density at radius 3 is 2.65 bits per heavy atom. The van der Waals surface area contributed by atoms with Crippen LogP contribution in [-0.2, 0) is 24.2 Å². The highest BCUT2D eigenvalue weighted by atomic mass is 16.6. The smallest absolute Gasteiger partial charge is 0.410 e. The molecule has 1 amide bonds. The highest BCUT2D eigenvalue weighted by Gasteiger charge is 2.35. The van der Waals surface area contributed by atoms with Gasteiger partial charge < -0.3 is 29.3 Å². The molecule has 2 fully saturated rings. The normalized spacial score (nSPS) is 23.5. The lowest BCUT2D eigenvalue weighted by atomic mass is 9.97. The molecule has 3 aliphatic rings. The van der Waals surface area contributed by atoms with E-state index in [4.69, 9.17) is 4.74 Å². The molecule has 0 bridgehead atoms. The number of fused-ring (bicyclic) bond motifs is 1. The van der Waals surface area contributed by atoms with E-state index in [-0.39, 0.29) is 23.3 Å². The Morgan fingerprint density at radius 1 is 1.26 bits per heavy atom. The van der Waals surface area contributed by atoms with E-state index in [1.54, 1.807) is 4.90 Å². The number of aromatic nitrogens is 1. The van der Waals surface area contributed by atoms with Crippen LogP contribution in [0.25, 0.3) is 0 Å². The number of likely N-dealkylation sites (N-methyl/N-ethyl adjacent to an activating group) is 1. The molecule has 4 heterocycles. The van der Waals surface area contributed by atoms with E-state index in [1.807, 2.05) is 32.3 Å². The molecular formula is C25H38N6O3. The Bertz CT molecular complexity index is 1040. The van der Waals surface area contributed by atoms with Gasteiger partial charge in [0, 0.05) is 50.5 Å². The zero-order valence-corrected chi connectivity index (χ0v) is 21.2. The topological polar surface area (TPSA) is 93.8 Å². The van der Waals surface area contributed by atoms with Gasteiger partial charge in [0.05, 0.1) is 5.69 Å². The molecule has 0 radical (unpaired) electrons. The minimum absolute atomic E-state index is 0.0384. The van der Waals surface area contributed by atoms with Crippen LogP contribution >= 0.6 is 0 Å². The van der Waals surface area contributed by atoms with Crippen molar-refractivity contribution in [2.75, 3.05) is 44.7 Å². The summed E-state index contributed by atoms with van der Waals surface area (Å²) in [7, 11) is 2.11. The highest BCUT2D eigenvalue weighted by Crippen LogP contribution is 2.32. The summed E-state index contributed by atoms with van der Waals surface area (Å²) in [4.78, 5) is 32.5. The SMILES string of the molecule is C[C@H]1CN(C(=O)OC(C)(C)C)CCN1c1c2c(n(C[C@@H]3CCCN3C)c(=O)c1C#N)CNCC2. The number of likely N-dealkylation sites (tertiary alicyclic amines) is 1. The number of nitriles is 1. The van der Waals surface area contributed by atoms with Crippen molar-refractivity contribution in [3.63, 3.8) is 0 Å². The molecule has 0 unspecified atom stereocenters. The average molecular weight is 471 g/mol. The van der Waals surface area contributed by atoms with E-state index in [2.05, 4.69) is 28.2 Å². The first-order chi connectivity index (χ1) is 16.1. The van der Waals surface area contributed by atoms with Gasteiger partial charge in [-0.25, -0.2) is 4.79 Å². The molecular weight excluding hydrogens is 432 g/mol. The summed E-state index contributed by atoms with van der Waals surface area (Å²) in [5.74, 6) is 0. The number of hydrogen-bond donors (Lipinski definition) is 1. The Labute approximate surface area is 202 Å². The highest BCUT2D eigenvalue weighted by molar-refractivity contribution is 5.70. The number of piperazine rings is 1. The van der Waals surface area contributed by atoms with Crippen LogP contribution in [0.4, 0.5) is 10.5 Å². The van der Waals surface area contributed by atoms with Crippen molar-refractivity contribution < 1.29 is 9.53 Å². The van der Waals surface area contributed by atoms with Crippen molar-refractivity contribution in [2.24, 2.45) is 0 Å². The largest absolute Gasteiger partial charge is 0.444 e. The second-order valence-corrected chi connectivity index (χ2v) is 10.8. The molecule has 2 atom stereocenters. The van der Waals surface area contributed by atoms with Crippen LogP contribution in [0, 0.1) is 11.3 Å². The van der Waals surface area contributed by atoms with Gasteiger partial charge in [-0.2, -0.15) is 5.26 Å². The summed E-state index contributed by atoms with van der Waals surface area (Å²) in [6.07, 6.45) is 2.66. The fourth-order valence-electron chi connectivity index (χ4n) is 5.51. The van der Waals surface area contributed by atoms with Gasteiger partial charge in [-0.15, -0.1) is 0 Å². The Balaban J connectivity index is 1.67. The second kappa shape index (κ2) is 9.59. The summed E-state index contributed by atoms with van der Waals surface area (Å²) in [5.41, 5.74) is 2.38. The monoisotopic (exact) mass is 470 g/mol. The lowest BCUT2D eigenvalue weighted by molar-refractivity contribution is 0.0218. The number of carbonyl (C=O) groups is 1. The van der Waals surface area contributed by atoms with Gasteiger partial charge in [-0.1, -0.05) is 0 Å². The van der Waals surface area contributed by atoms with Crippen LogP contribution in [0.2, 0.25) is 0 Å². The number of anilines is 1. The molecule has 9 heteroatoms. The molecule has 1 N–H and O–H groups in total. The minimum Gasteiger partial charge on any atom is -0.444 e. The quantitative estimate of drug-likeness (QED) is 0.721. The number of hydrogen-bond acceptors (Lipinski definition) is 7. The first-order valence-corrected chi connectivity index (χ1v) is 12.4. The number of rotatable bonds is 3. The molecule has 1 aromatic rings. The number of pyridine rings is 1. The van der Waals surface area contributed by atoms with Crippen molar-refractivity contribution >= 4 is 11.8 Å². The lowest BCUT2D eigenvalue weighted by Crippen LogP contribution is -2.55. The summed E-state index contributed by atoms with van der Waals surface area (Å²) >= 11 is 0. The maximum Gasteiger partial charge on any atom is 0.410 e. The summed E-state index contributed by atoms with van der Waals surface area (Å²) in [5, 5.41) is 13.5. The second-order valence-electron chi connectivity index (χ2n) is 10.8. The molecule has 186 valence electrons. The van der Waals surface area contributed by atoms with Crippen molar-refractivity contribution in [2.45, 2.75) is 77.7 Å². The fraction of sp³-hybridized carbons (Fsp3) is 0.720. The van der Waals surface area contributed by atoms with Gasteiger partial charge >= 0.3 is 6.09 Å². The van der Waals surface area contributed by atoms with Gasteiger partial charge in [-0.05, 0) is 72.7 Å². The van der Waals surface area contributed by atoms with Crippen molar-refractivity contribution in [1.29, 1.82) is 5.26 Å². The maximum absolute atomic E-state index is 13.6. The van der Waals surface area contributed by atoms with Crippen LogP contribution in [0.5, 0.6) is 0 Å². The number of nitrogens with zero attached hydrogens (tertiary/aromatic N) is 5. The molecule has 1 aromatic heterocycles. The Hall–Kier alpha value is -2.57. The van der Waals surface area contributed by atoms with Crippen molar-refractivity contribution in [3.8, 4) is 6.07 Å². The maximum atomic E-state index is 13.6. The lowest BCUT2D eigenvalue weighted by Gasteiger charge is -2.43. The molecule has 0 aromatic carbocycles. The molecule has 0 spiro atoms. The van der Waals surface area contributed by atoms with Gasteiger partial charge in [0.2, 0.25) is 0 Å². The van der Waals surface area contributed by atoms with E-state index in [1.165, 1.54) is 0 Å². The van der Waals surface area contributed by atoms with E-state index < -0.39 is 5.60 Å². The van der Waals surface area contributed by atoms with E-state index in [0.717, 1.165) is 49.3 Å². The van der Waals surface area contributed by atoms with E-state index >= 15 is 0 Å². The van der Waals surface area contributed by atoms with Crippen LogP contribution < -0.4 is 15.8 Å². The molecule has 4 rings (SSSR count). The van der Waals surface area contributed by atoms with Gasteiger partial charge in [0.15, 0.2) is 0 Å². The zero-order chi connectivity index (χ0) is 24.6. The summed E-state index contributed by atoms with van der Waals surface area (Å²) in [6.45, 7) is 12.3. The van der Waals surface area contributed by atoms with Crippen LogP contribution in [0.3, 0.4) is 0 Å². The number of amides is 1. The molecule has 34 heavy (non-hydrogen) atoms. The average Bonchev–Trinajstić information content (AvgIpc) is 3.18. The summed E-state index contributed by atoms with van der Waals surface area (Å²) in [6, 6.07) is 2.54. The summed E-state index contributed by atoms with van der Waals surface area (Å²) < 4.78 is 7.42. The van der Waals surface area contributed by atoms with Gasteiger partial charge in [0.25, 0.3) is 5.56 Å².